The highest BCUT2D eigenvalue weighted by Gasteiger charge is 2.35. The monoisotopic (exact) mass is 392 g/mol. The lowest BCUT2D eigenvalue weighted by Crippen LogP contribution is -2.43. The summed E-state index contributed by atoms with van der Waals surface area (Å²) in [5.41, 5.74) is 0.156. The maximum atomic E-state index is 12.7. The van der Waals surface area contributed by atoms with Crippen molar-refractivity contribution >= 4 is 5.69 Å². The molecule has 0 bridgehead atoms. The van der Waals surface area contributed by atoms with E-state index in [2.05, 4.69) is 5.73 Å². The molecule has 0 unspecified atom stereocenters. The van der Waals surface area contributed by atoms with Crippen LogP contribution >= 0.6 is 0 Å². The van der Waals surface area contributed by atoms with Crippen molar-refractivity contribution in [3.05, 3.63) is 67.0 Å². The van der Waals surface area contributed by atoms with Gasteiger partial charge in [-0.1, -0.05) is 18.6 Å². The van der Waals surface area contributed by atoms with E-state index in [1.165, 1.54) is 7.05 Å². The molecule has 0 aliphatic carbocycles. The van der Waals surface area contributed by atoms with Crippen LogP contribution in [0.3, 0.4) is 0 Å². The van der Waals surface area contributed by atoms with Crippen LogP contribution < -0.4 is 21.8 Å². The molecule has 0 radical (unpaired) electrons. The molecule has 0 aliphatic heterocycles. The average molecular weight is 392 g/mol. The molecule has 0 fully saturated rings. The molecule has 2 aromatic rings. The SMILES string of the molecule is CC.CN.Cn1c(C(F)(F)F)cc(=O)n(Oc2ccc([N+](=O)[O-])cc2)c1=O. The molecule has 0 saturated carbocycles. The van der Waals surface area contributed by atoms with Crippen LogP contribution in [-0.4, -0.2) is 21.3 Å². The van der Waals surface area contributed by atoms with E-state index in [-0.39, 0.29) is 26.8 Å². The molecule has 2 rings (SSSR count). The second-order valence-corrected chi connectivity index (χ2v) is 4.34. The van der Waals surface area contributed by atoms with E-state index >= 15 is 0 Å². The summed E-state index contributed by atoms with van der Waals surface area (Å²) in [7, 11) is 2.33. The first-order valence-electron chi connectivity index (χ1n) is 7.52. The molecule has 0 amide bonds. The van der Waals surface area contributed by atoms with Crippen molar-refractivity contribution < 1.29 is 22.9 Å². The van der Waals surface area contributed by atoms with E-state index in [9.17, 15) is 32.9 Å². The highest BCUT2D eigenvalue weighted by atomic mass is 19.4. The first-order chi connectivity index (χ1) is 12.6. The fourth-order valence-corrected chi connectivity index (χ4v) is 1.70. The molecule has 0 saturated heterocycles. The van der Waals surface area contributed by atoms with Crippen LogP contribution in [0.25, 0.3) is 0 Å². The predicted octanol–water partition coefficient (Wildman–Crippen LogP) is 1.92. The number of benzene rings is 1. The van der Waals surface area contributed by atoms with Crippen molar-refractivity contribution in [3.63, 3.8) is 0 Å². The smallest absolute Gasteiger partial charge is 0.367 e. The lowest BCUT2D eigenvalue weighted by molar-refractivity contribution is -0.384. The van der Waals surface area contributed by atoms with Crippen LogP contribution in [0.2, 0.25) is 0 Å². The maximum absolute atomic E-state index is 12.7. The highest BCUT2D eigenvalue weighted by Crippen LogP contribution is 2.26. The van der Waals surface area contributed by atoms with Gasteiger partial charge >= 0.3 is 11.9 Å². The van der Waals surface area contributed by atoms with Crippen LogP contribution in [0.4, 0.5) is 18.9 Å². The number of nitro groups is 1. The number of non-ortho nitro benzene ring substituents is 1. The summed E-state index contributed by atoms with van der Waals surface area (Å²) in [6.07, 6.45) is -4.88. The number of hydrogen-bond donors (Lipinski definition) is 1. The van der Waals surface area contributed by atoms with Gasteiger partial charge in [-0.15, -0.1) is 0 Å². The highest BCUT2D eigenvalue weighted by molar-refractivity contribution is 5.35. The van der Waals surface area contributed by atoms with Crippen LogP contribution in [0.1, 0.15) is 19.5 Å². The summed E-state index contributed by atoms with van der Waals surface area (Å²) < 4.78 is 38.4. The number of alkyl halides is 3. The van der Waals surface area contributed by atoms with Gasteiger partial charge in [0, 0.05) is 25.2 Å². The normalized spacial score (nSPS) is 10.1. The van der Waals surface area contributed by atoms with Crippen molar-refractivity contribution in [1.82, 2.24) is 9.30 Å². The first-order valence-corrected chi connectivity index (χ1v) is 7.52. The minimum atomic E-state index is -4.88. The van der Waals surface area contributed by atoms with Crippen LogP contribution in [0.5, 0.6) is 5.75 Å². The molecule has 0 aliphatic rings. The standard InChI is InChI=1S/C12H8F3N3O5.C2H6.CH5N/c1-16-9(12(13,14)15)6-10(19)17(11(16)20)23-8-4-2-7(3-5-8)18(21)22;2*1-2/h2-6H,1H3;1-2H3;2H2,1H3. The molecule has 12 heteroatoms. The van der Waals surface area contributed by atoms with Gasteiger partial charge in [0.15, 0.2) is 5.75 Å². The Labute approximate surface area is 151 Å². The van der Waals surface area contributed by atoms with E-state index in [0.29, 0.717) is 0 Å². The minimum Gasteiger partial charge on any atom is -0.367 e. The summed E-state index contributed by atoms with van der Waals surface area (Å²) in [4.78, 5) is 38.2. The lowest BCUT2D eigenvalue weighted by atomic mass is 10.3. The lowest BCUT2D eigenvalue weighted by Gasteiger charge is -2.13. The summed E-state index contributed by atoms with van der Waals surface area (Å²) >= 11 is 0. The predicted molar refractivity (Wildman–Crippen MR) is 91.5 cm³/mol. The van der Waals surface area contributed by atoms with Crippen molar-refractivity contribution in [1.29, 1.82) is 0 Å². The van der Waals surface area contributed by atoms with Gasteiger partial charge in [0.25, 0.3) is 11.2 Å². The summed E-state index contributed by atoms with van der Waals surface area (Å²) in [6.45, 7) is 4.00. The van der Waals surface area contributed by atoms with E-state index < -0.39 is 28.0 Å². The van der Waals surface area contributed by atoms with E-state index in [1.54, 1.807) is 0 Å². The molecule has 1 aromatic heterocycles. The third kappa shape index (κ3) is 5.95. The Hall–Kier alpha value is -3.15. The second-order valence-electron chi connectivity index (χ2n) is 4.34. The molecule has 1 heterocycles. The molecular weight excluding hydrogens is 373 g/mol. The Kier molecular flexibility index (Phi) is 8.93. The first kappa shape index (κ1) is 23.9. The molecule has 1 aromatic carbocycles. The van der Waals surface area contributed by atoms with Gasteiger partial charge in [0.05, 0.1) is 4.92 Å². The topological polar surface area (TPSA) is 122 Å². The van der Waals surface area contributed by atoms with Gasteiger partial charge in [-0.25, -0.2) is 4.79 Å². The van der Waals surface area contributed by atoms with Gasteiger partial charge < -0.3 is 10.6 Å². The Morgan fingerprint density at radius 2 is 1.59 bits per heavy atom. The fourth-order valence-electron chi connectivity index (χ4n) is 1.70. The maximum Gasteiger partial charge on any atom is 0.431 e. The third-order valence-corrected chi connectivity index (χ3v) is 2.82. The van der Waals surface area contributed by atoms with E-state index in [4.69, 9.17) is 4.84 Å². The van der Waals surface area contributed by atoms with E-state index in [1.807, 2.05) is 13.8 Å². The van der Waals surface area contributed by atoms with Crippen LogP contribution in [0.15, 0.2) is 39.9 Å². The number of aromatic nitrogens is 2. The third-order valence-electron chi connectivity index (χ3n) is 2.82. The van der Waals surface area contributed by atoms with Crippen molar-refractivity contribution in [2.45, 2.75) is 20.0 Å². The zero-order chi connectivity index (χ0) is 21.4. The van der Waals surface area contributed by atoms with Gasteiger partial charge in [-0.2, -0.15) is 13.2 Å². The summed E-state index contributed by atoms with van der Waals surface area (Å²) in [6, 6.07) is 4.51. The second kappa shape index (κ2) is 10.1. The van der Waals surface area contributed by atoms with Crippen molar-refractivity contribution in [3.8, 4) is 5.75 Å². The van der Waals surface area contributed by atoms with Gasteiger partial charge in [-0.3, -0.25) is 19.5 Å². The number of nitrogens with two attached hydrogens (primary N) is 1. The molecular formula is C15H19F3N4O5. The number of hydrogen-bond acceptors (Lipinski definition) is 6. The summed E-state index contributed by atoms with van der Waals surface area (Å²) in [5.74, 6) is -0.130. The molecule has 27 heavy (non-hydrogen) atoms. The number of nitro benzene ring substituents is 1. The molecule has 2 N–H and O–H groups in total. The van der Waals surface area contributed by atoms with Gasteiger partial charge in [0.1, 0.15) is 5.69 Å². The Morgan fingerprint density at radius 1 is 1.11 bits per heavy atom. The fraction of sp³-hybridized carbons (Fsp3) is 0.333. The van der Waals surface area contributed by atoms with Gasteiger partial charge in [0.2, 0.25) is 0 Å². The molecule has 0 atom stereocenters. The Bertz CT molecular complexity index is 873. The average Bonchev–Trinajstić information content (AvgIpc) is 2.64. The van der Waals surface area contributed by atoms with E-state index in [0.717, 1.165) is 31.3 Å². The van der Waals surface area contributed by atoms with Crippen molar-refractivity contribution in [2.75, 3.05) is 7.05 Å². The molecule has 150 valence electrons. The zero-order valence-electron chi connectivity index (χ0n) is 15.0. The number of rotatable bonds is 3. The molecule has 9 nitrogen and oxygen atoms in total. The number of halogens is 3. The minimum absolute atomic E-state index is 0.121. The zero-order valence-corrected chi connectivity index (χ0v) is 15.0. The quantitative estimate of drug-likeness (QED) is 0.629. The molecule has 0 spiro atoms. The van der Waals surface area contributed by atoms with Crippen molar-refractivity contribution in [2.24, 2.45) is 12.8 Å². The van der Waals surface area contributed by atoms with Crippen LogP contribution in [-0.2, 0) is 13.2 Å². The largest absolute Gasteiger partial charge is 0.431 e. The Balaban J connectivity index is 0.00000158. The summed E-state index contributed by atoms with van der Waals surface area (Å²) in [5, 5.41) is 10.5. The van der Waals surface area contributed by atoms with Gasteiger partial charge in [-0.05, 0) is 19.2 Å². The Morgan fingerprint density at radius 3 is 2.00 bits per heavy atom. The number of nitrogens with zero attached hydrogens (tertiary/aromatic N) is 3. The van der Waals surface area contributed by atoms with Crippen LogP contribution in [0, 0.1) is 10.1 Å².